The number of carbonyl (C=O) groups excluding carboxylic acids is 2. The molecule has 3 rings (SSSR count). The van der Waals surface area contributed by atoms with Gasteiger partial charge in [-0.25, -0.2) is 4.39 Å². The second kappa shape index (κ2) is 5.90. The lowest BCUT2D eigenvalue weighted by molar-refractivity contribution is -0.125. The molecule has 6 heteroatoms. The Morgan fingerprint density at radius 1 is 1.38 bits per heavy atom. The van der Waals surface area contributed by atoms with E-state index in [2.05, 4.69) is 5.32 Å². The summed E-state index contributed by atoms with van der Waals surface area (Å²) in [6.45, 7) is 1.30. The maximum absolute atomic E-state index is 13.1. The topological polar surface area (TPSA) is 49.4 Å². The van der Waals surface area contributed by atoms with E-state index in [1.807, 2.05) is 27.5 Å². The molecule has 2 amide bonds. The highest BCUT2D eigenvalue weighted by molar-refractivity contribution is 14.1. The van der Waals surface area contributed by atoms with Crippen molar-refractivity contribution in [2.24, 2.45) is 5.92 Å². The van der Waals surface area contributed by atoms with Gasteiger partial charge in [0.15, 0.2) is 0 Å². The first-order chi connectivity index (χ1) is 10.0. The molecule has 21 heavy (non-hydrogen) atoms. The second-order valence-electron chi connectivity index (χ2n) is 5.64. The van der Waals surface area contributed by atoms with Crippen molar-refractivity contribution in [2.75, 3.05) is 13.1 Å². The first kappa shape index (κ1) is 14.7. The number of nitrogens with one attached hydrogen (secondary N) is 1. The quantitative estimate of drug-likeness (QED) is 0.733. The van der Waals surface area contributed by atoms with Crippen molar-refractivity contribution in [1.29, 1.82) is 0 Å². The van der Waals surface area contributed by atoms with E-state index in [0.29, 0.717) is 34.6 Å². The van der Waals surface area contributed by atoms with Gasteiger partial charge in [0, 0.05) is 29.1 Å². The van der Waals surface area contributed by atoms with Gasteiger partial charge in [-0.2, -0.15) is 0 Å². The van der Waals surface area contributed by atoms with Crippen LogP contribution >= 0.6 is 22.6 Å². The summed E-state index contributed by atoms with van der Waals surface area (Å²) in [5, 5.41) is 3.01. The van der Waals surface area contributed by atoms with Crippen LogP contribution in [-0.4, -0.2) is 35.8 Å². The summed E-state index contributed by atoms with van der Waals surface area (Å²) < 4.78 is 13.8. The van der Waals surface area contributed by atoms with E-state index < -0.39 is 0 Å². The van der Waals surface area contributed by atoms with Gasteiger partial charge >= 0.3 is 0 Å². The predicted molar refractivity (Wildman–Crippen MR) is 84.3 cm³/mol. The number of hydrogen-bond acceptors (Lipinski definition) is 2. The molecule has 1 aromatic carbocycles. The summed E-state index contributed by atoms with van der Waals surface area (Å²) in [5.41, 5.74) is 0.551. The third-order valence-electron chi connectivity index (χ3n) is 4.27. The fourth-order valence-electron chi connectivity index (χ4n) is 3.13. The third-order valence-corrected chi connectivity index (χ3v) is 5.16. The number of nitrogens with zero attached hydrogens (tertiary/aromatic N) is 1. The van der Waals surface area contributed by atoms with Gasteiger partial charge in [0.1, 0.15) is 5.82 Å². The van der Waals surface area contributed by atoms with E-state index in [1.165, 1.54) is 12.1 Å². The van der Waals surface area contributed by atoms with Crippen LogP contribution in [0.25, 0.3) is 0 Å². The normalized spacial score (nSPS) is 25.2. The van der Waals surface area contributed by atoms with E-state index in [1.54, 1.807) is 6.07 Å². The monoisotopic (exact) mass is 402 g/mol. The SMILES string of the molecule is O=C1CCC2CN(C(=O)c3ccc(F)cc3I)CCC2N1. The predicted octanol–water partition coefficient (Wildman–Crippen LogP) is 2.17. The fraction of sp³-hybridized carbons (Fsp3) is 0.467. The van der Waals surface area contributed by atoms with Crippen LogP contribution < -0.4 is 5.32 Å². The summed E-state index contributed by atoms with van der Waals surface area (Å²) >= 11 is 1.99. The molecule has 0 aliphatic carbocycles. The van der Waals surface area contributed by atoms with Crippen molar-refractivity contribution in [2.45, 2.75) is 25.3 Å². The van der Waals surface area contributed by atoms with Crippen molar-refractivity contribution in [3.05, 3.63) is 33.1 Å². The maximum Gasteiger partial charge on any atom is 0.254 e. The van der Waals surface area contributed by atoms with Gasteiger partial charge in [-0.15, -0.1) is 0 Å². The summed E-state index contributed by atoms with van der Waals surface area (Å²) in [5.74, 6) is 0.0713. The molecule has 0 saturated carbocycles. The summed E-state index contributed by atoms with van der Waals surface area (Å²) in [6, 6.07) is 4.45. The largest absolute Gasteiger partial charge is 0.353 e. The molecule has 2 saturated heterocycles. The molecule has 2 fully saturated rings. The Balaban J connectivity index is 1.73. The lowest BCUT2D eigenvalue weighted by Gasteiger charge is -2.41. The molecule has 1 N–H and O–H groups in total. The highest BCUT2D eigenvalue weighted by Crippen LogP contribution is 2.27. The van der Waals surface area contributed by atoms with E-state index in [4.69, 9.17) is 0 Å². The molecule has 112 valence electrons. The molecule has 2 atom stereocenters. The molecule has 2 aliphatic heterocycles. The standard InChI is InChI=1S/C15H16FIN2O2/c16-10-2-3-11(12(17)7-10)15(21)19-6-5-13-9(8-19)1-4-14(20)18-13/h2-3,7,9,13H,1,4-6,8H2,(H,18,20). The van der Waals surface area contributed by atoms with Crippen molar-refractivity contribution < 1.29 is 14.0 Å². The zero-order valence-corrected chi connectivity index (χ0v) is 13.6. The summed E-state index contributed by atoms with van der Waals surface area (Å²) in [6.07, 6.45) is 2.16. The number of piperidine rings is 2. The number of fused-ring (bicyclic) bond motifs is 1. The van der Waals surface area contributed by atoms with E-state index >= 15 is 0 Å². The molecule has 2 aliphatic rings. The Kier molecular flexibility index (Phi) is 4.14. The van der Waals surface area contributed by atoms with Gasteiger partial charge in [-0.3, -0.25) is 9.59 Å². The Morgan fingerprint density at radius 3 is 2.95 bits per heavy atom. The average molecular weight is 402 g/mol. The number of benzene rings is 1. The first-order valence-corrected chi connectivity index (χ1v) is 8.16. The van der Waals surface area contributed by atoms with Gasteiger partial charge in [-0.05, 0) is 59.5 Å². The van der Waals surface area contributed by atoms with Crippen molar-refractivity contribution in [3.63, 3.8) is 0 Å². The molecular formula is C15H16FIN2O2. The molecule has 4 nitrogen and oxygen atoms in total. The van der Waals surface area contributed by atoms with Crippen LogP contribution in [0.2, 0.25) is 0 Å². The van der Waals surface area contributed by atoms with Gasteiger partial charge < -0.3 is 10.2 Å². The Bertz CT molecular complexity index is 593. The Morgan fingerprint density at radius 2 is 2.19 bits per heavy atom. The lowest BCUT2D eigenvalue weighted by Crippen LogP contribution is -2.55. The van der Waals surface area contributed by atoms with E-state index in [9.17, 15) is 14.0 Å². The smallest absolute Gasteiger partial charge is 0.254 e. The summed E-state index contributed by atoms with van der Waals surface area (Å²) in [7, 11) is 0. The van der Waals surface area contributed by atoms with Gasteiger partial charge in [0.2, 0.25) is 5.91 Å². The number of amides is 2. The minimum Gasteiger partial charge on any atom is -0.353 e. The van der Waals surface area contributed by atoms with Crippen LogP contribution in [0, 0.1) is 15.3 Å². The van der Waals surface area contributed by atoms with E-state index in [-0.39, 0.29) is 23.7 Å². The van der Waals surface area contributed by atoms with Crippen molar-refractivity contribution in [3.8, 4) is 0 Å². The van der Waals surface area contributed by atoms with Crippen LogP contribution in [0.15, 0.2) is 18.2 Å². The average Bonchev–Trinajstić information content (AvgIpc) is 2.46. The molecule has 0 bridgehead atoms. The Hall–Kier alpha value is -1.18. The van der Waals surface area contributed by atoms with Gasteiger partial charge in [0.25, 0.3) is 5.91 Å². The number of likely N-dealkylation sites (tertiary alicyclic amines) is 1. The first-order valence-electron chi connectivity index (χ1n) is 7.08. The maximum atomic E-state index is 13.1. The third kappa shape index (κ3) is 3.04. The van der Waals surface area contributed by atoms with E-state index in [0.717, 1.165) is 12.8 Å². The number of hydrogen-bond donors (Lipinski definition) is 1. The van der Waals surface area contributed by atoms with Crippen molar-refractivity contribution >= 4 is 34.4 Å². The minimum absolute atomic E-state index is 0.0465. The zero-order valence-electron chi connectivity index (χ0n) is 11.4. The highest BCUT2D eigenvalue weighted by atomic mass is 127. The number of rotatable bonds is 1. The minimum atomic E-state index is -0.329. The molecule has 2 unspecified atom stereocenters. The van der Waals surface area contributed by atoms with Gasteiger partial charge in [0.05, 0.1) is 5.56 Å². The molecule has 2 heterocycles. The van der Waals surface area contributed by atoms with Crippen LogP contribution in [0.1, 0.15) is 29.6 Å². The highest BCUT2D eigenvalue weighted by Gasteiger charge is 2.35. The molecule has 1 aromatic rings. The van der Waals surface area contributed by atoms with Crippen LogP contribution in [0.5, 0.6) is 0 Å². The number of halogens is 2. The molecule has 0 spiro atoms. The lowest BCUT2D eigenvalue weighted by atomic mass is 9.85. The fourth-order valence-corrected chi connectivity index (χ4v) is 3.84. The zero-order chi connectivity index (χ0) is 15.0. The summed E-state index contributed by atoms with van der Waals surface area (Å²) in [4.78, 5) is 25.8. The van der Waals surface area contributed by atoms with Crippen LogP contribution in [0.3, 0.4) is 0 Å². The number of carbonyl (C=O) groups is 2. The molecular weight excluding hydrogens is 386 g/mol. The van der Waals surface area contributed by atoms with Crippen molar-refractivity contribution in [1.82, 2.24) is 10.2 Å². The molecule has 0 aromatic heterocycles. The van der Waals surface area contributed by atoms with Gasteiger partial charge in [-0.1, -0.05) is 0 Å². The van der Waals surface area contributed by atoms with Crippen LogP contribution in [-0.2, 0) is 4.79 Å². The van der Waals surface area contributed by atoms with Crippen LogP contribution in [0.4, 0.5) is 4.39 Å². The Labute approximate surface area is 136 Å². The second-order valence-corrected chi connectivity index (χ2v) is 6.80. The molecule has 0 radical (unpaired) electrons.